The standard InChI is InChI=1S/C10H22N2O2/c1-4-6-7-11-9(14)12-10(3,5-2)8-13/h13H,4-8H2,1-3H3,(H2,11,12,14). The van der Waals surface area contributed by atoms with Crippen LogP contribution < -0.4 is 10.6 Å². The van der Waals surface area contributed by atoms with Crippen LogP contribution in [0.1, 0.15) is 40.0 Å². The molecule has 1 unspecified atom stereocenters. The highest BCUT2D eigenvalue weighted by molar-refractivity contribution is 5.74. The van der Waals surface area contributed by atoms with Crippen LogP contribution in [-0.4, -0.2) is 29.8 Å². The molecular weight excluding hydrogens is 180 g/mol. The molecular formula is C10H22N2O2. The van der Waals surface area contributed by atoms with Crippen molar-refractivity contribution in [3.8, 4) is 0 Å². The van der Waals surface area contributed by atoms with Crippen LogP contribution in [0.15, 0.2) is 0 Å². The van der Waals surface area contributed by atoms with Gasteiger partial charge in [0.25, 0.3) is 0 Å². The second-order valence-electron chi connectivity index (χ2n) is 3.81. The summed E-state index contributed by atoms with van der Waals surface area (Å²) < 4.78 is 0. The van der Waals surface area contributed by atoms with Gasteiger partial charge in [-0.05, 0) is 19.8 Å². The fourth-order valence-corrected chi connectivity index (χ4v) is 0.937. The molecule has 0 aromatic heterocycles. The van der Waals surface area contributed by atoms with Gasteiger partial charge >= 0.3 is 6.03 Å². The lowest BCUT2D eigenvalue weighted by Crippen LogP contribution is -2.52. The number of aliphatic hydroxyl groups excluding tert-OH is 1. The Balaban J connectivity index is 3.80. The number of hydrogen-bond donors (Lipinski definition) is 3. The molecule has 3 N–H and O–H groups in total. The van der Waals surface area contributed by atoms with Crippen molar-refractivity contribution in [1.82, 2.24) is 10.6 Å². The van der Waals surface area contributed by atoms with Gasteiger partial charge in [0.1, 0.15) is 0 Å². The van der Waals surface area contributed by atoms with E-state index in [1.807, 2.05) is 13.8 Å². The number of carbonyl (C=O) groups is 1. The summed E-state index contributed by atoms with van der Waals surface area (Å²) in [4.78, 5) is 11.3. The number of aliphatic hydroxyl groups is 1. The minimum atomic E-state index is -0.504. The zero-order valence-electron chi connectivity index (χ0n) is 9.39. The topological polar surface area (TPSA) is 61.4 Å². The van der Waals surface area contributed by atoms with E-state index in [2.05, 4.69) is 17.6 Å². The van der Waals surface area contributed by atoms with E-state index in [0.29, 0.717) is 13.0 Å². The molecule has 2 amide bonds. The third kappa shape index (κ3) is 5.07. The van der Waals surface area contributed by atoms with E-state index in [9.17, 15) is 4.79 Å². The summed E-state index contributed by atoms with van der Waals surface area (Å²) in [6, 6.07) is -0.197. The highest BCUT2D eigenvalue weighted by Gasteiger charge is 2.22. The van der Waals surface area contributed by atoms with Crippen LogP contribution in [0.25, 0.3) is 0 Å². The zero-order valence-corrected chi connectivity index (χ0v) is 9.39. The van der Waals surface area contributed by atoms with Crippen LogP contribution in [0.2, 0.25) is 0 Å². The summed E-state index contributed by atoms with van der Waals surface area (Å²) >= 11 is 0. The number of hydrogen-bond acceptors (Lipinski definition) is 2. The van der Waals surface area contributed by atoms with Crippen LogP contribution in [0.5, 0.6) is 0 Å². The quantitative estimate of drug-likeness (QED) is 0.568. The van der Waals surface area contributed by atoms with Crippen molar-refractivity contribution >= 4 is 6.03 Å². The largest absolute Gasteiger partial charge is 0.394 e. The Hall–Kier alpha value is -0.770. The van der Waals surface area contributed by atoms with Crippen molar-refractivity contribution < 1.29 is 9.90 Å². The van der Waals surface area contributed by atoms with E-state index in [4.69, 9.17) is 5.11 Å². The summed E-state index contributed by atoms with van der Waals surface area (Å²) in [5, 5.41) is 14.6. The van der Waals surface area contributed by atoms with Gasteiger partial charge in [-0.1, -0.05) is 20.3 Å². The fraction of sp³-hybridized carbons (Fsp3) is 0.900. The Kier molecular flexibility index (Phi) is 6.28. The van der Waals surface area contributed by atoms with Crippen molar-refractivity contribution in [3.05, 3.63) is 0 Å². The van der Waals surface area contributed by atoms with Gasteiger partial charge < -0.3 is 15.7 Å². The molecule has 0 fully saturated rings. The first-order valence-corrected chi connectivity index (χ1v) is 5.25. The number of carbonyl (C=O) groups excluding carboxylic acids is 1. The molecule has 0 bridgehead atoms. The molecule has 0 heterocycles. The molecule has 1 atom stereocenters. The third-order valence-corrected chi connectivity index (χ3v) is 2.36. The van der Waals surface area contributed by atoms with E-state index in [1.54, 1.807) is 0 Å². The van der Waals surface area contributed by atoms with Gasteiger partial charge in [-0.3, -0.25) is 0 Å². The maximum Gasteiger partial charge on any atom is 0.315 e. The number of unbranched alkanes of at least 4 members (excludes halogenated alkanes) is 1. The normalized spacial score (nSPS) is 14.6. The van der Waals surface area contributed by atoms with Crippen molar-refractivity contribution in [2.45, 2.75) is 45.6 Å². The molecule has 0 spiro atoms. The zero-order chi connectivity index (χ0) is 11.0. The van der Waals surface area contributed by atoms with Gasteiger partial charge in [-0.2, -0.15) is 0 Å². The number of rotatable bonds is 6. The summed E-state index contributed by atoms with van der Waals surface area (Å²) in [5.74, 6) is 0. The summed E-state index contributed by atoms with van der Waals surface area (Å²) in [7, 11) is 0. The molecule has 4 heteroatoms. The van der Waals surface area contributed by atoms with Crippen molar-refractivity contribution in [2.75, 3.05) is 13.2 Å². The lowest BCUT2D eigenvalue weighted by Gasteiger charge is -2.27. The average molecular weight is 202 g/mol. The van der Waals surface area contributed by atoms with Gasteiger partial charge in [0, 0.05) is 6.54 Å². The molecule has 0 aliphatic rings. The van der Waals surface area contributed by atoms with Crippen LogP contribution in [0, 0.1) is 0 Å². The van der Waals surface area contributed by atoms with Crippen LogP contribution in [0.3, 0.4) is 0 Å². The highest BCUT2D eigenvalue weighted by atomic mass is 16.3. The maximum absolute atomic E-state index is 11.3. The predicted octanol–water partition coefficient (Wildman–Crippen LogP) is 1.25. The number of nitrogens with one attached hydrogen (secondary N) is 2. The Labute approximate surface area is 86.1 Å². The Bertz CT molecular complexity index is 168. The Morgan fingerprint density at radius 2 is 2.07 bits per heavy atom. The van der Waals surface area contributed by atoms with Crippen LogP contribution in [-0.2, 0) is 0 Å². The Morgan fingerprint density at radius 3 is 2.50 bits per heavy atom. The summed E-state index contributed by atoms with van der Waals surface area (Å²) in [6.45, 7) is 6.48. The monoisotopic (exact) mass is 202 g/mol. The number of urea groups is 1. The minimum absolute atomic E-state index is 0.0370. The smallest absolute Gasteiger partial charge is 0.315 e. The maximum atomic E-state index is 11.3. The first kappa shape index (κ1) is 13.2. The lowest BCUT2D eigenvalue weighted by molar-refractivity contribution is 0.167. The average Bonchev–Trinajstić information content (AvgIpc) is 2.18. The minimum Gasteiger partial charge on any atom is -0.394 e. The Morgan fingerprint density at radius 1 is 1.43 bits per heavy atom. The van der Waals surface area contributed by atoms with Crippen molar-refractivity contribution in [3.63, 3.8) is 0 Å². The molecule has 14 heavy (non-hydrogen) atoms. The summed E-state index contributed by atoms with van der Waals surface area (Å²) in [6.07, 6.45) is 2.76. The van der Waals surface area contributed by atoms with Crippen molar-refractivity contribution in [2.24, 2.45) is 0 Å². The molecule has 0 aliphatic heterocycles. The van der Waals surface area contributed by atoms with Gasteiger partial charge in [-0.15, -0.1) is 0 Å². The van der Waals surface area contributed by atoms with E-state index in [0.717, 1.165) is 12.8 Å². The van der Waals surface area contributed by atoms with Gasteiger partial charge in [0.2, 0.25) is 0 Å². The molecule has 0 saturated heterocycles. The molecule has 4 nitrogen and oxygen atoms in total. The second kappa shape index (κ2) is 6.65. The van der Waals surface area contributed by atoms with E-state index >= 15 is 0 Å². The second-order valence-corrected chi connectivity index (χ2v) is 3.81. The highest BCUT2D eigenvalue weighted by Crippen LogP contribution is 2.06. The molecule has 0 aromatic carbocycles. The van der Waals surface area contributed by atoms with E-state index in [1.165, 1.54) is 0 Å². The first-order valence-electron chi connectivity index (χ1n) is 5.25. The molecule has 0 aliphatic carbocycles. The molecule has 0 rings (SSSR count). The van der Waals surface area contributed by atoms with E-state index < -0.39 is 5.54 Å². The molecule has 0 aromatic rings. The lowest BCUT2D eigenvalue weighted by atomic mass is 10.0. The molecule has 0 radical (unpaired) electrons. The number of amides is 2. The van der Waals surface area contributed by atoms with Gasteiger partial charge in [0.05, 0.1) is 12.1 Å². The first-order chi connectivity index (χ1) is 6.58. The third-order valence-electron chi connectivity index (χ3n) is 2.36. The van der Waals surface area contributed by atoms with Gasteiger partial charge in [-0.25, -0.2) is 4.79 Å². The summed E-state index contributed by atoms with van der Waals surface area (Å²) in [5.41, 5.74) is -0.504. The van der Waals surface area contributed by atoms with Crippen LogP contribution in [0.4, 0.5) is 4.79 Å². The fourth-order valence-electron chi connectivity index (χ4n) is 0.937. The molecule has 0 saturated carbocycles. The predicted molar refractivity (Wildman–Crippen MR) is 57.2 cm³/mol. The van der Waals surface area contributed by atoms with Crippen LogP contribution >= 0.6 is 0 Å². The van der Waals surface area contributed by atoms with Gasteiger partial charge in [0.15, 0.2) is 0 Å². The molecule has 84 valence electrons. The van der Waals surface area contributed by atoms with Crippen molar-refractivity contribution in [1.29, 1.82) is 0 Å². The van der Waals surface area contributed by atoms with E-state index in [-0.39, 0.29) is 12.6 Å². The SMILES string of the molecule is CCCCNC(=O)NC(C)(CC)CO.